The average molecular weight is 324 g/mol. The smallest absolute Gasteiger partial charge is 0.267 e. The highest BCUT2D eigenvalue weighted by Gasteiger charge is 2.21. The number of nitrogen functional groups attached to an aromatic ring is 1. The molecule has 1 fully saturated rings. The zero-order valence-corrected chi connectivity index (χ0v) is 12.9. The number of benzene rings is 1. The topological polar surface area (TPSA) is 60.9 Å². The van der Waals surface area contributed by atoms with Crippen LogP contribution in [0.5, 0.6) is 0 Å². The summed E-state index contributed by atoms with van der Waals surface area (Å²) in [5.41, 5.74) is 7.72. The van der Waals surface area contributed by atoms with Crippen molar-refractivity contribution in [2.45, 2.75) is 31.7 Å². The van der Waals surface area contributed by atoms with Gasteiger partial charge in [-0.3, -0.25) is 4.79 Å². The van der Waals surface area contributed by atoms with Gasteiger partial charge in [0.15, 0.2) is 0 Å². The highest BCUT2D eigenvalue weighted by molar-refractivity contribution is 6.36. The molecule has 0 unspecified atom stereocenters. The van der Waals surface area contributed by atoms with Crippen molar-refractivity contribution in [1.29, 1.82) is 0 Å². The van der Waals surface area contributed by atoms with Crippen molar-refractivity contribution < 1.29 is 0 Å². The van der Waals surface area contributed by atoms with Gasteiger partial charge in [0.2, 0.25) is 0 Å². The van der Waals surface area contributed by atoms with E-state index in [0.29, 0.717) is 22.2 Å². The van der Waals surface area contributed by atoms with Crippen LogP contribution in [0.3, 0.4) is 0 Å². The second kappa shape index (κ2) is 5.70. The molecule has 2 aromatic rings. The first-order chi connectivity index (χ1) is 10.0. The Balaban J connectivity index is 1.93. The van der Waals surface area contributed by atoms with E-state index in [4.69, 9.17) is 28.9 Å². The van der Waals surface area contributed by atoms with Crippen molar-refractivity contribution in [3.8, 4) is 0 Å². The number of hydrogen-bond acceptors (Lipinski definition) is 3. The molecule has 0 atom stereocenters. The van der Waals surface area contributed by atoms with Crippen LogP contribution in [0.4, 0.5) is 5.69 Å². The molecule has 1 saturated carbocycles. The quantitative estimate of drug-likeness (QED) is 0.880. The normalized spacial score (nSPS) is 15.0. The second-order valence-electron chi connectivity index (χ2n) is 5.33. The predicted octanol–water partition coefficient (Wildman–Crippen LogP) is 3.45. The third-order valence-corrected chi connectivity index (χ3v) is 4.50. The summed E-state index contributed by atoms with van der Waals surface area (Å²) in [6.07, 6.45) is 3.66. The Kier molecular flexibility index (Phi) is 3.91. The van der Waals surface area contributed by atoms with Crippen molar-refractivity contribution in [2.24, 2.45) is 0 Å². The minimum atomic E-state index is -0.0575. The molecule has 2 N–H and O–H groups in total. The van der Waals surface area contributed by atoms with Gasteiger partial charge in [0.25, 0.3) is 5.56 Å². The molecule has 0 amide bonds. The molecule has 0 spiro atoms. The molecule has 0 radical (unpaired) electrons. The van der Waals surface area contributed by atoms with Gasteiger partial charge in [-0.1, -0.05) is 23.2 Å². The summed E-state index contributed by atoms with van der Waals surface area (Å²) < 4.78 is 1.58. The van der Waals surface area contributed by atoms with Crippen molar-refractivity contribution in [2.75, 3.05) is 5.73 Å². The lowest BCUT2D eigenvalue weighted by Crippen LogP contribution is -2.31. The number of nitrogens with zero attached hydrogens (tertiary/aromatic N) is 2. The Labute approximate surface area is 132 Å². The molecule has 1 aliphatic rings. The van der Waals surface area contributed by atoms with E-state index in [2.05, 4.69) is 5.10 Å². The summed E-state index contributed by atoms with van der Waals surface area (Å²) >= 11 is 12.4. The molecule has 0 bridgehead atoms. The molecular weight excluding hydrogens is 309 g/mol. The molecule has 1 aromatic carbocycles. The van der Waals surface area contributed by atoms with Crippen molar-refractivity contribution in [3.63, 3.8) is 0 Å². The summed E-state index contributed by atoms with van der Waals surface area (Å²) in [5, 5.41) is 5.48. The SMILES string of the molecule is Nc1cc(Cl)c(Cc2ccc(=O)n(C3CCC3)n2)c(Cl)c1. The van der Waals surface area contributed by atoms with Crippen LogP contribution in [0.1, 0.15) is 36.6 Å². The van der Waals surface area contributed by atoms with E-state index in [1.807, 2.05) is 0 Å². The summed E-state index contributed by atoms with van der Waals surface area (Å²) in [5.74, 6) is 0. The molecule has 1 heterocycles. The molecule has 6 heteroatoms. The van der Waals surface area contributed by atoms with Gasteiger partial charge in [0, 0.05) is 28.2 Å². The van der Waals surface area contributed by atoms with Crippen molar-refractivity contribution in [1.82, 2.24) is 9.78 Å². The van der Waals surface area contributed by atoms with Gasteiger partial charge in [-0.05, 0) is 43.0 Å². The van der Waals surface area contributed by atoms with Gasteiger partial charge >= 0.3 is 0 Å². The molecular formula is C15H15Cl2N3O. The van der Waals surface area contributed by atoms with E-state index < -0.39 is 0 Å². The lowest BCUT2D eigenvalue weighted by atomic mass is 9.93. The van der Waals surface area contributed by atoms with Gasteiger partial charge in [-0.15, -0.1) is 0 Å². The maximum absolute atomic E-state index is 11.9. The maximum atomic E-state index is 11.9. The highest BCUT2D eigenvalue weighted by Crippen LogP contribution is 2.31. The first-order valence-corrected chi connectivity index (χ1v) is 7.62. The lowest BCUT2D eigenvalue weighted by molar-refractivity contribution is 0.276. The predicted molar refractivity (Wildman–Crippen MR) is 85.1 cm³/mol. The standard InChI is InChI=1S/C15H15Cl2N3O/c16-13-6-9(18)7-14(17)12(13)8-10-4-5-15(21)20(19-10)11-2-1-3-11/h4-7,11H,1-3,8,18H2. The number of hydrogen-bond donors (Lipinski definition) is 1. The van der Waals surface area contributed by atoms with Crippen LogP contribution in [0.25, 0.3) is 0 Å². The van der Waals surface area contributed by atoms with Gasteiger partial charge in [0.05, 0.1) is 11.7 Å². The fourth-order valence-corrected chi connectivity index (χ4v) is 3.06. The van der Waals surface area contributed by atoms with Crippen LogP contribution in [-0.2, 0) is 6.42 Å². The summed E-state index contributed by atoms with van der Waals surface area (Å²) in [7, 11) is 0. The summed E-state index contributed by atoms with van der Waals surface area (Å²) in [4.78, 5) is 11.9. The monoisotopic (exact) mass is 323 g/mol. The average Bonchev–Trinajstić information content (AvgIpc) is 2.35. The first-order valence-electron chi connectivity index (χ1n) is 6.87. The minimum Gasteiger partial charge on any atom is -0.399 e. The molecule has 21 heavy (non-hydrogen) atoms. The molecule has 0 saturated heterocycles. The number of aromatic nitrogens is 2. The van der Waals surface area contributed by atoms with Gasteiger partial charge < -0.3 is 5.73 Å². The van der Waals surface area contributed by atoms with Crippen LogP contribution in [0.15, 0.2) is 29.1 Å². The van der Waals surface area contributed by atoms with Crippen LogP contribution >= 0.6 is 23.2 Å². The number of halogens is 2. The van der Waals surface area contributed by atoms with Crippen molar-refractivity contribution in [3.05, 3.63) is 55.9 Å². The Bertz CT molecular complexity index is 715. The van der Waals surface area contributed by atoms with Crippen LogP contribution in [-0.4, -0.2) is 9.78 Å². The Hall–Kier alpha value is -1.52. The molecule has 3 rings (SSSR count). The minimum absolute atomic E-state index is 0.0575. The number of anilines is 1. The second-order valence-corrected chi connectivity index (χ2v) is 6.15. The number of rotatable bonds is 3. The molecule has 110 valence electrons. The van der Waals surface area contributed by atoms with Crippen LogP contribution < -0.4 is 11.3 Å². The van der Waals surface area contributed by atoms with Crippen molar-refractivity contribution >= 4 is 28.9 Å². The maximum Gasteiger partial charge on any atom is 0.267 e. The zero-order valence-electron chi connectivity index (χ0n) is 11.4. The van der Waals surface area contributed by atoms with E-state index >= 15 is 0 Å². The summed E-state index contributed by atoms with van der Waals surface area (Å²) in [6.45, 7) is 0. The third kappa shape index (κ3) is 2.92. The Morgan fingerprint density at radius 1 is 1.24 bits per heavy atom. The van der Waals surface area contributed by atoms with Gasteiger partial charge in [0.1, 0.15) is 0 Å². The molecule has 1 aromatic heterocycles. The van der Waals surface area contributed by atoms with E-state index in [1.54, 1.807) is 28.9 Å². The molecule has 1 aliphatic carbocycles. The lowest BCUT2D eigenvalue weighted by Gasteiger charge is -2.26. The van der Waals surface area contributed by atoms with E-state index in [9.17, 15) is 4.79 Å². The third-order valence-electron chi connectivity index (χ3n) is 3.82. The molecule has 4 nitrogen and oxygen atoms in total. The van der Waals surface area contributed by atoms with E-state index in [-0.39, 0.29) is 11.6 Å². The summed E-state index contributed by atoms with van der Waals surface area (Å²) in [6, 6.07) is 6.85. The van der Waals surface area contributed by atoms with Crippen LogP contribution in [0, 0.1) is 0 Å². The van der Waals surface area contributed by atoms with Gasteiger partial charge in [-0.25, -0.2) is 4.68 Å². The van der Waals surface area contributed by atoms with E-state index in [1.165, 1.54) is 0 Å². The van der Waals surface area contributed by atoms with E-state index in [0.717, 1.165) is 30.5 Å². The zero-order chi connectivity index (χ0) is 15.0. The van der Waals surface area contributed by atoms with Gasteiger partial charge in [-0.2, -0.15) is 5.10 Å². The fourth-order valence-electron chi connectivity index (χ4n) is 2.42. The number of nitrogens with two attached hydrogens (primary N) is 1. The highest BCUT2D eigenvalue weighted by atomic mass is 35.5. The first kappa shape index (κ1) is 14.4. The largest absolute Gasteiger partial charge is 0.399 e. The Morgan fingerprint density at radius 2 is 1.90 bits per heavy atom. The molecule has 0 aliphatic heterocycles. The Morgan fingerprint density at radius 3 is 2.48 bits per heavy atom. The van der Waals surface area contributed by atoms with Crippen LogP contribution in [0.2, 0.25) is 10.0 Å². The fraction of sp³-hybridized carbons (Fsp3) is 0.333.